The van der Waals surface area contributed by atoms with Gasteiger partial charge in [-0.2, -0.15) is 0 Å². The van der Waals surface area contributed by atoms with Crippen LogP contribution in [0.25, 0.3) is 0 Å². The standard InChI is InChI=1S/C13H16N2O4S/c14-11-3-1-4-12(9-11)19-7-8-20(16,17)15-10-13-5-2-6-18-13/h1-6,9,15H,7-8,10,14H2. The van der Waals surface area contributed by atoms with E-state index in [1.165, 1.54) is 6.26 Å². The van der Waals surface area contributed by atoms with Gasteiger partial charge >= 0.3 is 0 Å². The lowest BCUT2D eigenvalue weighted by atomic mass is 10.3. The van der Waals surface area contributed by atoms with Gasteiger partial charge in [-0.25, -0.2) is 13.1 Å². The van der Waals surface area contributed by atoms with Crippen LogP contribution in [0.4, 0.5) is 5.69 Å². The molecule has 1 aromatic carbocycles. The van der Waals surface area contributed by atoms with E-state index in [1.54, 1.807) is 36.4 Å². The minimum absolute atomic E-state index is 0.0525. The van der Waals surface area contributed by atoms with Crippen LogP contribution in [0.2, 0.25) is 0 Å². The second-order valence-corrected chi connectivity index (χ2v) is 6.07. The van der Waals surface area contributed by atoms with Crippen LogP contribution in [-0.4, -0.2) is 20.8 Å². The van der Waals surface area contributed by atoms with E-state index < -0.39 is 10.0 Å². The first-order chi connectivity index (χ1) is 9.55. The van der Waals surface area contributed by atoms with E-state index in [0.717, 1.165) is 0 Å². The first-order valence-corrected chi connectivity index (χ1v) is 7.68. The minimum atomic E-state index is -3.40. The molecule has 0 fully saturated rings. The molecule has 3 N–H and O–H groups in total. The Morgan fingerprint density at radius 3 is 2.80 bits per heavy atom. The van der Waals surface area contributed by atoms with Crippen molar-refractivity contribution in [1.29, 1.82) is 0 Å². The summed E-state index contributed by atoms with van der Waals surface area (Å²) < 4.78 is 36.3. The van der Waals surface area contributed by atoms with Gasteiger partial charge in [0.15, 0.2) is 0 Å². The molecule has 1 aromatic heterocycles. The van der Waals surface area contributed by atoms with E-state index >= 15 is 0 Å². The lowest BCUT2D eigenvalue weighted by Crippen LogP contribution is -2.28. The summed E-state index contributed by atoms with van der Waals surface area (Å²) >= 11 is 0. The molecule has 0 aliphatic heterocycles. The molecular formula is C13H16N2O4S. The highest BCUT2D eigenvalue weighted by molar-refractivity contribution is 7.89. The monoisotopic (exact) mass is 296 g/mol. The Bertz CT molecular complexity index is 638. The Morgan fingerprint density at radius 1 is 1.25 bits per heavy atom. The van der Waals surface area contributed by atoms with E-state index in [4.69, 9.17) is 14.9 Å². The Balaban J connectivity index is 1.77. The number of rotatable bonds is 7. The zero-order chi connectivity index (χ0) is 14.4. The average Bonchev–Trinajstić information content (AvgIpc) is 2.89. The summed E-state index contributed by atoms with van der Waals surface area (Å²) in [5.41, 5.74) is 6.17. The Hall–Kier alpha value is -1.99. The molecule has 0 saturated heterocycles. The van der Waals surface area contributed by atoms with E-state index in [1.807, 2.05) is 0 Å². The van der Waals surface area contributed by atoms with Gasteiger partial charge in [-0.05, 0) is 24.3 Å². The summed E-state index contributed by atoms with van der Waals surface area (Å²) in [4.78, 5) is 0. The summed E-state index contributed by atoms with van der Waals surface area (Å²) in [5, 5.41) is 0. The zero-order valence-corrected chi connectivity index (χ0v) is 11.6. The zero-order valence-electron chi connectivity index (χ0n) is 10.8. The molecule has 2 aromatic rings. The maximum atomic E-state index is 11.7. The van der Waals surface area contributed by atoms with Crippen LogP contribution in [0.3, 0.4) is 0 Å². The molecule has 0 amide bonds. The van der Waals surface area contributed by atoms with Crippen molar-refractivity contribution in [3.63, 3.8) is 0 Å². The van der Waals surface area contributed by atoms with Crippen LogP contribution in [-0.2, 0) is 16.6 Å². The summed E-state index contributed by atoms with van der Waals surface area (Å²) in [6, 6.07) is 10.2. The van der Waals surface area contributed by atoms with Crippen molar-refractivity contribution in [3.05, 3.63) is 48.4 Å². The van der Waals surface area contributed by atoms with Crippen LogP contribution >= 0.6 is 0 Å². The van der Waals surface area contributed by atoms with E-state index in [9.17, 15) is 8.42 Å². The molecule has 20 heavy (non-hydrogen) atoms. The van der Waals surface area contributed by atoms with Crippen molar-refractivity contribution in [3.8, 4) is 5.75 Å². The average molecular weight is 296 g/mol. The number of furan rings is 1. The van der Waals surface area contributed by atoms with Gasteiger partial charge in [-0.1, -0.05) is 6.07 Å². The third-order valence-corrected chi connectivity index (χ3v) is 3.81. The topological polar surface area (TPSA) is 94.6 Å². The van der Waals surface area contributed by atoms with Crippen molar-refractivity contribution in [2.45, 2.75) is 6.54 Å². The van der Waals surface area contributed by atoms with E-state index in [0.29, 0.717) is 17.2 Å². The Morgan fingerprint density at radius 2 is 2.10 bits per heavy atom. The molecule has 0 bridgehead atoms. The summed E-state index contributed by atoms with van der Waals surface area (Å²) in [5.74, 6) is 0.972. The smallest absolute Gasteiger partial charge is 0.215 e. The van der Waals surface area contributed by atoms with Crippen LogP contribution < -0.4 is 15.2 Å². The number of anilines is 1. The van der Waals surface area contributed by atoms with Gasteiger partial charge in [-0.3, -0.25) is 0 Å². The number of ether oxygens (including phenoxy) is 1. The fourth-order valence-electron chi connectivity index (χ4n) is 1.54. The van der Waals surface area contributed by atoms with Gasteiger partial charge in [0, 0.05) is 11.8 Å². The summed E-state index contributed by atoms with van der Waals surface area (Å²) in [7, 11) is -3.40. The van der Waals surface area contributed by atoms with Gasteiger partial charge in [0.2, 0.25) is 10.0 Å². The van der Waals surface area contributed by atoms with Crippen molar-refractivity contribution in [1.82, 2.24) is 4.72 Å². The predicted molar refractivity (Wildman–Crippen MR) is 75.7 cm³/mol. The van der Waals surface area contributed by atoms with Gasteiger partial charge in [0.1, 0.15) is 18.1 Å². The second kappa shape index (κ2) is 6.44. The van der Waals surface area contributed by atoms with Gasteiger partial charge < -0.3 is 14.9 Å². The van der Waals surface area contributed by atoms with Crippen molar-refractivity contribution < 1.29 is 17.6 Å². The fourth-order valence-corrected chi connectivity index (χ4v) is 2.35. The maximum absolute atomic E-state index is 11.7. The lowest BCUT2D eigenvalue weighted by Gasteiger charge is -2.08. The SMILES string of the molecule is Nc1cccc(OCCS(=O)(=O)NCc2ccco2)c1. The molecule has 0 spiro atoms. The van der Waals surface area contributed by atoms with E-state index in [-0.39, 0.29) is 18.9 Å². The molecule has 1 heterocycles. The molecule has 6 nitrogen and oxygen atoms in total. The van der Waals surface area contributed by atoms with Gasteiger partial charge in [0.25, 0.3) is 0 Å². The van der Waals surface area contributed by atoms with Crippen LogP contribution in [0.15, 0.2) is 47.1 Å². The van der Waals surface area contributed by atoms with Crippen LogP contribution in [0.1, 0.15) is 5.76 Å². The number of hydrogen-bond donors (Lipinski definition) is 2. The Labute approximate surface area is 117 Å². The molecule has 2 rings (SSSR count). The molecule has 0 saturated carbocycles. The minimum Gasteiger partial charge on any atom is -0.492 e. The molecule has 108 valence electrons. The highest BCUT2D eigenvalue weighted by atomic mass is 32.2. The number of hydrogen-bond acceptors (Lipinski definition) is 5. The molecule has 7 heteroatoms. The number of nitrogen functional groups attached to an aromatic ring is 1. The quantitative estimate of drug-likeness (QED) is 0.752. The first kappa shape index (κ1) is 14.4. The number of nitrogens with two attached hydrogens (primary N) is 1. The summed E-state index contributed by atoms with van der Waals surface area (Å²) in [6.07, 6.45) is 1.49. The molecule has 0 aliphatic carbocycles. The number of benzene rings is 1. The van der Waals surface area contributed by atoms with Gasteiger partial charge in [-0.15, -0.1) is 0 Å². The largest absolute Gasteiger partial charge is 0.492 e. The lowest BCUT2D eigenvalue weighted by molar-refractivity contribution is 0.340. The predicted octanol–water partition coefficient (Wildman–Crippen LogP) is 1.36. The van der Waals surface area contributed by atoms with Crippen LogP contribution in [0.5, 0.6) is 5.75 Å². The first-order valence-electron chi connectivity index (χ1n) is 6.03. The molecule has 0 aliphatic rings. The fraction of sp³-hybridized carbons (Fsp3) is 0.231. The van der Waals surface area contributed by atoms with Crippen LogP contribution in [0, 0.1) is 0 Å². The number of nitrogens with one attached hydrogen (secondary N) is 1. The van der Waals surface area contributed by atoms with Crippen molar-refractivity contribution >= 4 is 15.7 Å². The summed E-state index contributed by atoms with van der Waals surface area (Å²) in [6.45, 7) is 0.185. The molecule has 0 radical (unpaired) electrons. The molecule has 0 atom stereocenters. The maximum Gasteiger partial charge on any atom is 0.215 e. The van der Waals surface area contributed by atoms with E-state index in [2.05, 4.69) is 4.72 Å². The number of sulfonamides is 1. The van der Waals surface area contributed by atoms with Crippen molar-refractivity contribution in [2.24, 2.45) is 0 Å². The third-order valence-electron chi connectivity index (χ3n) is 2.53. The Kier molecular flexibility index (Phi) is 4.65. The molecule has 0 unspecified atom stereocenters. The highest BCUT2D eigenvalue weighted by Crippen LogP contribution is 2.14. The molecular weight excluding hydrogens is 280 g/mol. The third kappa shape index (κ3) is 4.60. The van der Waals surface area contributed by atoms with Gasteiger partial charge in [0.05, 0.1) is 18.6 Å². The second-order valence-electron chi connectivity index (χ2n) is 4.14. The normalized spacial score (nSPS) is 11.4. The highest BCUT2D eigenvalue weighted by Gasteiger charge is 2.11. The van der Waals surface area contributed by atoms with Crippen molar-refractivity contribution in [2.75, 3.05) is 18.1 Å².